The van der Waals surface area contributed by atoms with E-state index in [9.17, 15) is 13.2 Å². The summed E-state index contributed by atoms with van der Waals surface area (Å²) >= 11 is 0. The van der Waals surface area contributed by atoms with Gasteiger partial charge in [0.2, 0.25) is 0 Å². The molecule has 0 N–H and O–H groups in total. The molecular weight excluding hydrogens is 485 g/mol. The summed E-state index contributed by atoms with van der Waals surface area (Å²) in [6, 6.07) is 9.11. The van der Waals surface area contributed by atoms with Crippen molar-refractivity contribution in [3.05, 3.63) is 65.7 Å². The molecule has 2 aromatic carbocycles. The average molecular weight is 513 g/mol. The minimum atomic E-state index is -2.95. The monoisotopic (exact) mass is 512 g/mol. The molecule has 0 spiro atoms. The van der Waals surface area contributed by atoms with Gasteiger partial charge in [0.15, 0.2) is 28.9 Å². The fourth-order valence-electron chi connectivity index (χ4n) is 4.90. The first-order valence-corrected chi connectivity index (χ1v) is 12.0. The van der Waals surface area contributed by atoms with Crippen molar-refractivity contribution < 1.29 is 27.1 Å². The van der Waals surface area contributed by atoms with Crippen LogP contribution in [0.2, 0.25) is 0 Å². The van der Waals surface area contributed by atoms with Crippen LogP contribution in [0.4, 0.5) is 13.2 Å². The number of hydrogen-bond donors (Lipinski definition) is 0. The zero-order valence-electron chi connectivity index (χ0n) is 21.0. The second-order valence-electron chi connectivity index (χ2n) is 9.39. The third-order valence-corrected chi connectivity index (χ3v) is 6.84. The van der Waals surface area contributed by atoms with Crippen LogP contribution in [0.15, 0.2) is 47.0 Å². The predicted octanol–water partition coefficient (Wildman–Crippen LogP) is 6.72. The maximum atomic E-state index is 13.9. The molecule has 37 heavy (non-hydrogen) atoms. The Balaban J connectivity index is 1.55. The van der Waals surface area contributed by atoms with Gasteiger partial charge < -0.3 is 18.5 Å². The number of alkyl halides is 2. The van der Waals surface area contributed by atoms with E-state index < -0.39 is 23.4 Å². The quantitative estimate of drug-likeness (QED) is 0.274. The Morgan fingerprint density at radius 3 is 2.59 bits per heavy atom. The molecular formula is C27H27F3N4O3. The SMILES string of the molecule is COc1cc(-c2nnc3n2CCCC3(Oc2ccc(F)c(C(F)F)c2)C(C)C)ccc1-c1cnc(C)o1. The van der Waals surface area contributed by atoms with Gasteiger partial charge in [-0.15, -0.1) is 10.2 Å². The summed E-state index contributed by atoms with van der Waals surface area (Å²) in [5.41, 5.74) is -0.0704. The molecule has 0 amide bonds. The molecule has 0 saturated carbocycles. The van der Waals surface area contributed by atoms with E-state index >= 15 is 0 Å². The number of aromatic nitrogens is 4. The molecule has 0 radical (unpaired) electrons. The molecule has 1 aliphatic heterocycles. The Bertz CT molecular complexity index is 1430. The van der Waals surface area contributed by atoms with Gasteiger partial charge in [-0.2, -0.15) is 0 Å². The largest absolute Gasteiger partial charge is 0.496 e. The molecule has 5 rings (SSSR count). The Morgan fingerprint density at radius 2 is 1.92 bits per heavy atom. The molecule has 10 heteroatoms. The van der Waals surface area contributed by atoms with Gasteiger partial charge in [0, 0.05) is 24.9 Å². The molecule has 0 saturated heterocycles. The number of oxazole rings is 1. The zero-order chi connectivity index (χ0) is 26.3. The van der Waals surface area contributed by atoms with Crippen molar-refractivity contribution in [1.29, 1.82) is 0 Å². The lowest BCUT2D eigenvalue weighted by Gasteiger charge is -2.40. The minimum Gasteiger partial charge on any atom is -0.496 e. The van der Waals surface area contributed by atoms with Crippen molar-refractivity contribution in [2.45, 2.75) is 52.2 Å². The van der Waals surface area contributed by atoms with E-state index in [4.69, 9.17) is 13.9 Å². The van der Waals surface area contributed by atoms with E-state index in [0.717, 1.165) is 29.7 Å². The number of hydrogen-bond acceptors (Lipinski definition) is 6. The van der Waals surface area contributed by atoms with E-state index in [1.54, 1.807) is 20.2 Å². The van der Waals surface area contributed by atoms with Crippen LogP contribution in [0.5, 0.6) is 11.5 Å². The van der Waals surface area contributed by atoms with Crippen LogP contribution in [-0.4, -0.2) is 26.9 Å². The lowest BCUT2D eigenvalue weighted by Crippen LogP contribution is -2.44. The van der Waals surface area contributed by atoms with Crippen LogP contribution >= 0.6 is 0 Å². The maximum Gasteiger partial charge on any atom is 0.266 e. The minimum absolute atomic E-state index is 0.0738. The number of rotatable bonds is 7. The van der Waals surface area contributed by atoms with Crippen LogP contribution in [0.25, 0.3) is 22.7 Å². The van der Waals surface area contributed by atoms with E-state index in [-0.39, 0.29) is 11.7 Å². The number of ether oxygens (including phenoxy) is 2. The summed E-state index contributed by atoms with van der Waals surface area (Å²) in [4.78, 5) is 4.16. The molecule has 3 heterocycles. The summed E-state index contributed by atoms with van der Waals surface area (Å²) in [7, 11) is 1.58. The molecule has 1 unspecified atom stereocenters. The van der Waals surface area contributed by atoms with Gasteiger partial charge in [-0.05, 0) is 43.2 Å². The lowest BCUT2D eigenvalue weighted by molar-refractivity contribution is -0.0163. The molecule has 0 bridgehead atoms. The Kier molecular flexibility index (Phi) is 6.43. The van der Waals surface area contributed by atoms with E-state index in [1.165, 1.54) is 6.07 Å². The number of methoxy groups -OCH3 is 1. The average Bonchev–Trinajstić information content (AvgIpc) is 3.51. The smallest absolute Gasteiger partial charge is 0.266 e. The third kappa shape index (κ3) is 4.34. The summed E-state index contributed by atoms with van der Waals surface area (Å²) in [5, 5.41) is 9.01. The Labute approximate surface area is 212 Å². The second kappa shape index (κ2) is 9.57. The van der Waals surface area contributed by atoms with Crippen LogP contribution in [0.1, 0.15) is 50.4 Å². The topological polar surface area (TPSA) is 75.2 Å². The Morgan fingerprint density at radius 1 is 1.11 bits per heavy atom. The summed E-state index contributed by atoms with van der Waals surface area (Å²) in [5.74, 6) is 2.10. The van der Waals surface area contributed by atoms with Crippen molar-refractivity contribution in [3.8, 4) is 34.2 Å². The van der Waals surface area contributed by atoms with Crippen molar-refractivity contribution in [2.24, 2.45) is 5.92 Å². The van der Waals surface area contributed by atoms with E-state index in [2.05, 4.69) is 15.2 Å². The molecule has 0 fully saturated rings. The van der Waals surface area contributed by atoms with E-state index in [1.807, 2.05) is 36.6 Å². The van der Waals surface area contributed by atoms with Crippen molar-refractivity contribution in [3.63, 3.8) is 0 Å². The first-order valence-electron chi connectivity index (χ1n) is 12.0. The van der Waals surface area contributed by atoms with E-state index in [0.29, 0.717) is 42.0 Å². The highest BCUT2D eigenvalue weighted by Gasteiger charge is 2.45. The highest BCUT2D eigenvalue weighted by molar-refractivity contribution is 5.71. The molecule has 1 aliphatic rings. The van der Waals surface area contributed by atoms with Gasteiger partial charge in [0.25, 0.3) is 6.43 Å². The van der Waals surface area contributed by atoms with Gasteiger partial charge in [-0.3, -0.25) is 0 Å². The highest BCUT2D eigenvalue weighted by Crippen LogP contribution is 2.44. The van der Waals surface area contributed by atoms with Gasteiger partial charge in [0.1, 0.15) is 17.3 Å². The highest BCUT2D eigenvalue weighted by atomic mass is 19.3. The number of nitrogens with zero attached hydrogens (tertiary/aromatic N) is 4. The standard InChI is InChI=1S/C27H27F3N4O3/c1-15(2)27(37-18-7-9-21(28)20(13-18)24(29)30)10-5-11-34-25(32-33-26(27)34)17-6-8-19(22(12-17)35-4)23-14-31-16(3)36-23/h6-9,12-15,24H,5,10-11H2,1-4H3. The molecule has 1 atom stereocenters. The molecule has 2 aromatic heterocycles. The molecule has 7 nitrogen and oxygen atoms in total. The molecule has 194 valence electrons. The summed E-state index contributed by atoms with van der Waals surface area (Å²) in [6.45, 7) is 6.40. The van der Waals surface area contributed by atoms with Gasteiger partial charge in [-0.25, -0.2) is 18.2 Å². The van der Waals surface area contributed by atoms with Gasteiger partial charge in [-0.1, -0.05) is 19.9 Å². The molecule has 4 aromatic rings. The number of benzene rings is 2. The van der Waals surface area contributed by atoms with Crippen LogP contribution in [0.3, 0.4) is 0 Å². The number of fused-ring (bicyclic) bond motifs is 1. The zero-order valence-corrected chi connectivity index (χ0v) is 21.0. The fraction of sp³-hybridized carbons (Fsp3) is 0.370. The van der Waals surface area contributed by atoms with Crippen molar-refractivity contribution >= 4 is 0 Å². The Hall–Kier alpha value is -3.82. The lowest BCUT2D eigenvalue weighted by atomic mass is 9.82. The van der Waals surface area contributed by atoms with Crippen LogP contribution < -0.4 is 9.47 Å². The van der Waals surface area contributed by atoms with Crippen molar-refractivity contribution in [2.75, 3.05) is 7.11 Å². The first kappa shape index (κ1) is 24.9. The number of halogens is 3. The molecule has 0 aliphatic carbocycles. The summed E-state index contributed by atoms with van der Waals surface area (Å²) in [6.07, 6.45) is 0.0665. The van der Waals surface area contributed by atoms with Gasteiger partial charge >= 0.3 is 0 Å². The predicted molar refractivity (Wildman–Crippen MR) is 130 cm³/mol. The fourth-order valence-corrected chi connectivity index (χ4v) is 4.90. The number of aryl methyl sites for hydroxylation is 1. The van der Waals surface area contributed by atoms with Crippen molar-refractivity contribution in [1.82, 2.24) is 19.7 Å². The third-order valence-electron chi connectivity index (χ3n) is 6.84. The maximum absolute atomic E-state index is 13.9. The normalized spacial score (nSPS) is 17.3. The first-order chi connectivity index (χ1) is 17.7. The van der Waals surface area contributed by atoms with Crippen LogP contribution in [-0.2, 0) is 12.1 Å². The summed E-state index contributed by atoms with van der Waals surface area (Å²) < 4.78 is 60.2. The van der Waals surface area contributed by atoms with Gasteiger partial charge in [0.05, 0.1) is 24.4 Å². The second-order valence-corrected chi connectivity index (χ2v) is 9.39. The van der Waals surface area contributed by atoms with Crippen LogP contribution in [0, 0.1) is 18.7 Å².